The van der Waals surface area contributed by atoms with Gasteiger partial charge in [0.25, 0.3) is 5.89 Å². The topological polar surface area (TPSA) is 118 Å². The van der Waals surface area contributed by atoms with Crippen molar-refractivity contribution < 1.29 is 24.3 Å². The number of benzene rings is 2. The van der Waals surface area contributed by atoms with Gasteiger partial charge >= 0.3 is 5.97 Å². The molecule has 190 valence electrons. The van der Waals surface area contributed by atoms with Gasteiger partial charge in [0.1, 0.15) is 5.75 Å². The summed E-state index contributed by atoms with van der Waals surface area (Å²) in [5, 5.41) is 24.5. The quantitative estimate of drug-likeness (QED) is 0.330. The molecule has 0 spiro atoms. The largest absolute Gasteiger partial charge is 0.489 e. The number of carboxylic acid groups (broad SMARTS) is 1. The fourth-order valence-electron chi connectivity index (χ4n) is 3.06. The molecule has 35 heavy (non-hydrogen) atoms. The zero-order valence-electron chi connectivity index (χ0n) is 20.8. The van der Waals surface area contributed by atoms with E-state index in [1.54, 1.807) is 12.1 Å². The Hall–Kier alpha value is -2.94. The highest BCUT2D eigenvalue weighted by atomic mass is 35.5. The average molecular weight is 504 g/mol. The van der Waals surface area contributed by atoms with E-state index in [2.05, 4.69) is 15.5 Å². The zero-order chi connectivity index (χ0) is 26.0. The number of hydrogen-bond acceptors (Lipinski definition) is 7. The molecule has 0 amide bonds. The molecule has 0 atom stereocenters. The first-order chi connectivity index (χ1) is 16.6. The number of nitrogens with zero attached hydrogens (tertiary/aromatic N) is 2. The monoisotopic (exact) mass is 503 g/mol. The van der Waals surface area contributed by atoms with E-state index in [1.807, 2.05) is 65.0 Å². The molecule has 3 N–H and O–H groups in total. The number of hydrogen-bond donors (Lipinski definition) is 3. The van der Waals surface area contributed by atoms with Crippen molar-refractivity contribution in [2.24, 2.45) is 0 Å². The lowest BCUT2D eigenvalue weighted by atomic mass is 9.93. The van der Waals surface area contributed by atoms with Crippen LogP contribution in [0.25, 0.3) is 22.8 Å². The van der Waals surface area contributed by atoms with Gasteiger partial charge in [-0.25, -0.2) is 0 Å². The summed E-state index contributed by atoms with van der Waals surface area (Å²) >= 11 is 6.31. The van der Waals surface area contributed by atoms with Crippen LogP contribution >= 0.6 is 11.6 Å². The maximum atomic E-state index is 10.7. The summed E-state index contributed by atoms with van der Waals surface area (Å²) in [6.45, 7) is 10.5. The predicted octanol–water partition coefficient (Wildman–Crippen LogP) is 5.53. The standard InChI is InChI=1S/C23H26ClN3O4.C3H8O/c1-14(2)30-19-10-7-16(13-18(19)24)21-26-22(31-27-21)15-5-8-17(9-6-15)23(3,4)25-12-11-20(28)29;1-2-3-4/h5-10,13-14,25H,11-12H2,1-4H3,(H,28,29);4H,2-3H2,1H3. The summed E-state index contributed by atoms with van der Waals surface area (Å²) in [6.07, 6.45) is 0.973. The highest BCUT2D eigenvalue weighted by Crippen LogP contribution is 2.31. The van der Waals surface area contributed by atoms with Crippen molar-refractivity contribution >= 4 is 17.6 Å². The Morgan fingerprint density at radius 2 is 1.80 bits per heavy atom. The lowest BCUT2D eigenvalue weighted by Crippen LogP contribution is -2.37. The van der Waals surface area contributed by atoms with Crippen LogP contribution in [0.5, 0.6) is 5.75 Å². The molecule has 0 unspecified atom stereocenters. The minimum absolute atomic E-state index is 0.0282. The molecular formula is C26H34ClN3O5. The van der Waals surface area contributed by atoms with Crippen molar-refractivity contribution in [1.82, 2.24) is 15.5 Å². The van der Waals surface area contributed by atoms with Crippen LogP contribution in [0.15, 0.2) is 47.0 Å². The second-order valence-corrected chi connectivity index (χ2v) is 9.14. The molecule has 0 aliphatic heterocycles. The number of aliphatic hydroxyl groups is 1. The van der Waals surface area contributed by atoms with Crippen LogP contribution in [0.3, 0.4) is 0 Å². The number of carbonyl (C=O) groups is 1. The third-order valence-corrected chi connectivity index (χ3v) is 5.26. The molecule has 0 saturated carbocycles. The Kier molecular flexibility index (Phi) is 10.7. The SMILES string of the molecule is CC(C)Oc1ccc(-c2noc(-c3ccc(C(C)(C)NCCC(=O)O)cc3)n2)cc1Cl.CCCO. The number of aliphatic carboxylic acids is 1. The third-order valence-electron chi connectivity index (χ3n) is 4.96. The second kappa shape index (κ2) is 13.2. The molecule has 0 radical (unpaired) electrons. The predicted molar refractivity (Wildman–Crippen MR) is 137 cm³/mol. The minimum Gasteiger partial charge on any atom is -0.489 e. The highest BCUT2D eigenvalue weighted by molar-refractivity contribution is 6.32. The van der Waals surface area contributed by atoms with Crippen LogP contribution in [-0.4, -0.2) is 45.6 Å². The van der Waals surface area contributed by atoms with Crippen LogP contribution in [0.4, 0.5) is 0 Å². The lowest BCUT2D eigenvalue weighted by Gasteiger charge is -2.27. The molecule has 8 nitrogen and oxygen atoms in total. The van der Waals surface area contributed by atoms with Crippen LogP contribution in [-0.2, 0) is 10.3 Å². The molecule has 0 aliphatic carbocycles. The second-order valence-electron chi connectivity index (χ2n) is 8.73. The molecular weight excluding hydrogens is 470 g/mol. The number of rotatable bonds is 10. The van der Waals surface area contributed by atoms with Crippen LogP contribution in [0, 0.1) is 0 Å². The van der Waals surface area contributed by atoms with E-state index in [0.717, 1.165) is 23.1 Å². The number of aliphatic hydroxyl groups excluding tert-OH is 1. The van der Waals surface area contributed by atoms with Gasteiger partial charge in [-0.2, -0.15) is 4.98 Å². The Bertz CT molecular complexity index is 1080. The fourth-order valence-corrected chi connectivity index (χ4v) is 3.29. The van der Waals surface area contributed by atoms with Gasteiger partial charge in [-0.05, 0) is 70.0 Å². The molecule has 1 heterocycles. The summed E-state index contributed by atoms with van der Waals surface area (Å²) in [6, 6.07) is 13.1. The van der Waals surface area contributed by atoms with Crippen LogP contribution < -0.4 is 10.1 Å². The van der Waals surface area contributed by atoms with Gasteiger partial charge < -0.3 is 24.8 Å². The van der Waals surface area contributed by atoms with Crippen molar-refractivity contribution in [3.63, 3.8) is 0 Å². The lowest BCUT2D eigenvalue weighted by molar-refractivity contribution is -0.136. The van der Waals surface area contributed by atoms with Crippen molar-refractivity contribution in [2.75, 3.05) is 13.2 Å². The molecule has 3 rings (SSSR count). The first-order valence-corrected chi connectivity index (χ1v) is 11.9. The van der Waals surface area contributed by atoms with Gasteiger partial charge in [-0.1, -0.05) is 35.8 Å². The van der Waals surface area contributed by atoms with Crippen LogP contribution in [0.2, 0.25) is 5.02 Å². The van der Waals surface area contributed by atoms with Gasteiger partial charge in [-0.3, -0.25) is 4.79 Å². The third kappa shape index (κ3) is 8.65. The molecule has 9 heteroatoms. The summed E-state index contributed by atoms with van der Waals surface area (Å²) in [4.78, 5) is 15.2. The van der Waals surface area contributed by atoms with Crippen molar-refractivity contribution in [3.8, 4) is 28.6 Å². The molecule has 0 saturated heterocycles. The van der Waals surface area contributed by atoms with Gasteiger partial charge in [-0.15, -0.1) is 0 Å². The normalized spacial score (nSPS) is 11.2. The Labute approximate surface area is 211 Å². The van der Waals surface area contributed by atoms with Gasteiger partial charge in [0.05, 0.1) is 17.5 Å². The van der Waals surface area contributed by atoms with E-state index in [0.29, 0.717) is 35.6 Å². The first-order valence-electron chi connectivity index (χ1n) is 11.6. The summed E-state index contributed by atoms with van der Waals surface area (Å²) in [5.41, 5.74) is 2.17. The molecule has 2 aromatic carbocycles. The number of halogens is 1. The summed E-state index contributed by atoms with van der Waals surface area (Å²) < 4.78 is 11.1. The van der Waals surface area contributed by atoms with Crippen molar-refractivity contribution in [3.05, 3.63) is 53.1 Å². The van der Waals surface area contributed by atoms with Gasteiger partial charge in [0.2, 0.25) is 5.82 Å². The van der Waals surface area contributed by atoms with E-state index in [9.17, 15) is 4.79 Å². The maximum Gasteiger partial charge on any atom is 0.304 e. The van der Waals surface area contributed by atoms with Gasteiger partial charge in [0.15, 0.2) is 0 Å². The molecule has 0 aliphatic rings. The minimum atomic E-state index is -0.825. The number of ether oxygens (including phenoxy) is 1. The van der Waals surface area contributed by atoms with E-state index < -0.39 is 5.97 Å². The summed E-state index contributed by atoms with van der Waals surface area (Å²) in [7, 11) is 0. The van der Waals surface area contributed by atoms with Crippen LogP contribution in [0.1, 0.15) is 53.0 Å². The Morgan fingerprint density at radius 3 is 2.34 bits per heavy atom. The smallest absolute Gasteiger partial charge is 0.304 e. The molecule has 0 fully saturated rings. The number of nitrogens with one attached hydrogen (secondary N) is 1. The highest BCUT2D eigenvalue weighted by Gasteiger charge is 2.20. The summed E-state index contributed by atoms with van der Waals surface area (Å²) in [5.74, 6) is 0.623. The maximum absolute atomic E-state index is 10.7. The average Bonchev–Trinajstić information content (AvgIpc) is 3.30. The van der Waals surface area contributed by atoms with E-state index >= 15 is 0 Å². The Balaban J connectivity index is 0.00000100. The first kappa shape index (κ1) is 28.3. The number of carboxylic acids is 1. The van der Waals surface area contributed by atoms with E-state index in [1.165, 1.54) is 0 Å². The van der Waals surface area contributed by atoms with E-state index in [4.69, 9.17) is 31.1 Å². The van der Waals surface area contributed by atoms with Crippen molar-refractivity contribution in [2.45, 2.75) is 59.1 Å². The fraction of sp³-hybridized carbons (Fsp3) is 0.423. The Morgan fingerprint density at radius 1 is 1.17 bits per heavy atom. The molecule has 1 aromatic heterocycles. The van der Waals surface area contributed by atoms with Gasteiger partial charge in [0, 0.05) is 29.8 Å². The molecule has 3 aromatic rings. The number of aromatic nitrogens is 2. The zero-order valence-corrected chi connectivity index (χ0v) is 21.6. The molecule has 0 bridgehead atoms. The van der Waals surface area contributed by atoms with E-state index in [-0.39, 0.29) is 18.1 Å². The van der Waals surface area contributed by atoms with Crippen molar-refractivity contribution in [1.29, 1.82) is 0 Å².